The van der Waals surface area contributed by atoms with Crippen molar-refractivity contribution in [2.75, 3.05) is 39.5 Å². The van der Waals surface area contributed by atoms with Gasteiger partial charge in [-0.15, -0.1) is 5.10 Å². The van der Waals surface area contributed by atoms with E-state index in [2.05, 4.69) is 15.6 Å². The maximum atomic E-state index is 12.3. The van der Waals surface area contributed by atoms with Gasteiger partial charge in [0.1, 0.15) is 17.9 Å². The van der Waals surface area contributed by atoms with Gasteiger partial charge in [-0.1, -0.05) is 5.21 Å². The fourth-order valence-electron chi connectivity index (χ4n) is 4.19. The van der Waals surface area contributed by atoms with Crippen molar-refractivity contribution in [3.8, 4) is 0 Å². The maximum absolute atomic E-state index is 12.3. The van der Waals surface area contributed by atoms with Gasteiger partial charge < -0.3 is 24.4 Å². The van der Waals surface area contributed by atoms with Gasteiger partial charge in [0.05, 0.1) is 31.9 Å². The lowest BCUT2D eigenvalue weighted by Gasteiger charge is -2.34. The zero-order chi connectivity index (χ0) is 20.3. The minimum absolute atomic E-state index is 0.00627. The first-order valence-corrected chi connectivity index (χ1v) is 10.4. The lowest BCUT2D eigenvalue weighted by molar-refractivity contribution is -0.138. The second-order valence-corrected chi connectivity index (χ2v) is 7.92. The highest BCUT2D eigenvalue weighted by Gasteiger charge is 2.44. The molecule has 3 aliphatic rings. The van der Waals surface area contributed by atoms with Crippen LogP contribution in [0.5, 0.6) is 0 Å². The third-order valence-corrected chi connectivity index (χ3v) is 5.99. The summed E-state index contributed by atoms with van der Waals surface area (Å²) in [4.78, 5) is 26.4. The van der Waals surface area contributed by atoms with Gasteiger partial charge in [-0.2, -0.15) is 0 Å². The van der Waals surface area contributed by atoms with Gasteiger partial charge in [0, 0.05) is 32.3 Å². The first-order valence-electron chi connectivity index (χ1n) is 10.4. The van der Waals surface area contributed by atoms with Crippen LogP contribution in [0.15, 0.2) is 0 Å². The average molecular weight is 407 g/mol. The summed E-state index contributed by atoms with van der Waals surface area (Å²) in [5, 5.41) is 11.5. The number of hydrogen-bond donors (Lipinski definition) is 1. The fraction of sp³-hybridized carbons (Fsp3) is 0.789. The number of carbonyl (C=O) groups is 2. The van der Waals surface area contributed by atoms with Crippen molar-refractivity contribution in [2.24, 2.45) is 5.92 Å². The van der Waals surface area contributed by atoms with Crippen LogP contribution in [0.4, 0.5) is 0 Å². The second-order valence-electron chi connectivity index (χ2n) is 7.92. The topological polar surface area (TPSA) is 108 Å². The second kappa shape index (κ2) is 8.76. The molecule has 10 nitrogen and oxygen atoms in total. The van der Waals surface area contributed by atoms with E-state index >= 15 is 0 Å². The minimum Gasteiger partial charge on any atom is -0.381 e. The van der Waals surface area contributed by atoms with Crippen molar-refractivity contribution in [2.45, 2.75) is 51.5 Å². The number of nitrogens with zero attached hydrogens (tertiary/aromatic N) is 4. The Morgan fingerprint density at radius 2 is 2.14 bits per heavy atom. The Bertz CT molecular complexity index is 747. The van der Waals surface area contributed by atoms with Crippen molar-refractivity contribution in [1.82, 2.24) is 25.2 Å². The first-order chi connectivity index (χ1) is 14.1. The van der Waals surface area contributed by atoms with Gasteiger partial charge in [0.2, 0.25) is 11.8 Å². The first kappa shape index (κ1) is 20.2. The molecule has 1 unspecified atom stereocenters. The molecule has 4 rings (SSSR count). The molecule has 1 aromatic heterocycles. The zero-order valence-electron chi connectivity index (χ0n) is 16.9. The number of nitrogens with one attached hydrogen (secondary N) is 1. The van der Waals surface area contributed by atoms with Crippen LogP contribution >= 0.6 is 0 Å². The highest BCUT2D eigenvalue weighted by atomic mass is 16.5. The molecule has 0 aliphatic carbocycles. The molecule has 2 saturated heterocycles. The minimum atomic E-state index is -0.425. The summed E-state index contributed by atoms with van der Waals surface area (Å²) < 4.78 is 18.6. The highest BCUT2D eigenvalue weighted by Crippen LogP contribution is 2.32. The number of likely N-dealkylation sites (tertiary alicyclic amines) is 1. The number of fused-ring (bicyclic) bond motifs is 1. The Morgan fingerprint density at radius 1 is 1.31 bits per heavy atom. The number of ether oxygens (including phenoxy) is 3. The summed E-state index contributed by atoms with van der Waals surface area (Å²) in [6.45, 7) is 6.26. The normalized spacial score (nSPS) is 24.7. The van der Waals surface area contributed by atoms with E-state index in [9.17, 15) is 9.59 Å². The monoisotopic (exact) mass is 407 g/mol. The zero-order valence-corrected chi connectivity index (χ0v) is 16.9. The summed E-state index contributed by atoms with van der Waals surface area (Å²) in [7, 11) is 0. The van der Waals surface area contributed by atoms with Crippen LogP contribution in [0.25, 0.3) is 0 Å². The molecule has 10 heteroatoms. The Morgan fingerprint density at radius 3 is 2.93 bits per heavy atom. The summed E-state index contributed by atoms with van der Waals surface area (Å²) in [6.07, 6.45) is 2.28. The van der Waals surface area contributed by atoms with E-state index in [1.807, 2.05) is 11.6 Å². The molecule has 1 N–H and O–H groups in total. The molecule has 2 amide bonds. The van der Waals surface area contributed by atoms with E-state index in [4.69, 9.17) is 14.2 Å². The molecular weight excluding hydrogens is 378 g/mol. The van der Waals surface area contributed by atoms with Crippen LogP contribution in [0, 0.1) is 5.92 Å². The Balaban J connectivity index is 1.33. The van der Waals surface area contributed by atoms with Crippen LogP contribution < -0.4 is 5.32 Å². The smallest absolute Gasteiger partial charge is 0.248 e. The van der Waals surface area contributed by atoms with Gasteiger partial charge in [-0.25, -0.2) is 4.68 Å². The average Bonchev–Trinajstić information content (AvgIpc) is 3.35. The van der Waals surface area contributed by atoms with E-state index in [1.54, 1.807) is 4.90 Å². The van der Waals surface area contributed by atoms with Crippen molar-refractivity contribution in [3.63, 3.8) is 0 Å². The lowest BCUT2D eigenvalue weighted by Crippen LogP contribution is -2.45. The summed E-state index contributed by atoms with van der Waals surface area (Å²) in [5.41, 5.74) is 1.20. The number of carbonyl (C=O) groups excluding carboxylic acids is 2. The van der Waals surface area contributed by atoms with Crippen LogP contribution in [0.3, 0.4) is 0 Å². The largest absolute Gasteiger partial charge is 0.381 e. The van der Waals surface area contributed by atoms with Crippen molar-refractivity contribution >= 4 is 11.8 Å². The SMILES string of the molecule is CCOCC(=O)N1CCC2(C1)Cn1nnc(CNC(=O)C3CCOCC3)c1CO2. The molecule has 4 heterocycles. The Labute approximate surface area is 169 Å². The van der Waals surface area contributed by atoms with Crippen LogP contribution in [-0.2, 0) is 43.5 Å². The number of amides is 2. The quantitative estimate of drug-likeness (QED) is 0.699. The molecule has 1 aromatic rings. The molecule has 2 fully saturated rings. The number of aromatic nitrogens is 3. The molecule has 1 spiro atoms. The van der Waals surface area contributed by atoms with Crippen molar-refractivity contribution in [3.05, 3.63) is 11.4 Å². The predicted octanol–water partition coefficient (Wildman–Crippen LogP) is -0.141. The Hall–Kier alpha value is -2.04. The summed E-state index contributed by atoms with van der Waals surface area (Å²) >= 11 is 0. The third kappa shape index (κ3) is 4.44. The van der Waals surface area contributed by atoms with E-state index < -0.39 is 5.60 Å². The fourth-order valence-corrected chi connectivity index (χ4v) is 4.19. The molecule has 0 saturated carbocycles. The molecule has 1 atom stereocenters. The molecule has 0 bridgehead atoms. The lowest BCUT2D eigenvalue weighted by atomic mass is 9.99. The third-order valence-electron chi connectivity index (χ3n) is 5.99. The van der Waals surface area contributed by atoms with Crippen molar-refractivity contribution < 1.29 is 23.8 Å². The summed E-state index contributed by atoms with van der Waals surface area (Å²) in [5.74, 6) is 0.0455. The molecule has 3 aliphatic heterocycles. The van der Waals surface area contributed by atoms with Gasteiger partial charge >= 0.3 is 0 Å². The molecule has 0 aromatic carbocycles. The van der Waals surface area contributed by atoms with E-state index in [1.165, 1.54) is 0 Å². The van der Waals surface area contributed by atoms with E-state index in [0.29, 0.717) is 52.6 Å². The molecule has 29 heavy (non-hydrogen) atoms. The van der Waals surface area contributed by atoms with E-state index in [0.717, 1.165) is 30.7 Å². The highest BCUT2D eigenvalue weighted by molar-refractivity contribution is 5.78. The van der Waals surface area contributed by atoms with Gasteiger partial charge in [0.25, 0.3) is 0 Å². The number of hydrogen-bond acceptors (Lipinski definition) is 7. The molecular formula is C19H29N5O5. The molecule has 160 valence electrons. The van der Waals surface area contributed by atoms with Gasteiger partial charge in [0.15, 0.2) is 0 Å². The standard InChI is InChI=1S/C19H29N5O5/c1-2-27-11-17(25)23-6-5-19(12-23)13-24-16(10-29-19)15(21-22-24)9-20-18(26)14-3-7-28-8-4-14/h14H,2-13H2,1H3,(H,20,26). The van der Waals surface area contributed by atoms with Gasteiger partial charge in [-0.05, 0) is 26.2 Å². The van der Waals surface area contributed by atoms with Crippen LogP contribution in [0.2, 0.25) is 0 Å². The van der Waals surface area contributed by atoms with Gasteiger partial charge in [-0.3, -0.25) is 9.59 Å². The maximum Gasteiger partial charge on any atom is 0.248 e. The number of rotatable bonds is 6. The summed E-state index contributed by atoms with van der Waals surface area (Å²) in [6, 6.07) is 0. The van der Waals surface area contributed by atoms with Crippen molar-refractivity contribution in [1.29, 1.82) is 0 Å². The van der Waals surface area contributed by atoms with Crippen LogP contribution in [0.1, 0.15) is 37.6 Å². The van der Waals surface area contributed by atoms with E-state index in [-0.39, 0.29) is 24.3 Å². The molecule has 0 radical (unpaired) electrons. The Kier molecular flexibility index (Phi) is 6.12. The predicted molar refractivity (Wildman–Crippen MR) is 101 cm³/mol. The van der Waals surface area contributed by atoms with Crippen LogP contribution in [-0.4, -0.2) is 76.8 Å².